The lowest BCUT2D eigenvalue weighted by atomic mass is 9.92. The molecule has 0 radical (unpaired) electrons. The summed E-state index contributed by atoms with van der Waals surface area (Å²) in [5.41, 5.74) is 4.90. The number of ether oxygens (including phenoxy) is 1. The molecule has 0 spiro atoms. The first-order valence-corrected chi connectivity index (χ1v) is 11.7. The molecule has 0 bridgehead atoms. The van der Waals surface area contributed by atoms with Gasteiger partial charge in [-0.1, -0.05) is 24.3 Å². The van der Waals surface area contributed by atoms with Gasteiger partial charge in [-0.2, -0.15) is 5.10 Å². The molecule has 170 valence electrons. The average Bonchev–Trinajstić information content (AvgIpc) is 3.32. The molecule has 2 heterocycles. The smallest absolute Gasteiger partial charge is 0.303 e. The lowest BCUT2D eigenvalue weighted by Crippen LogP contribution is -2.29. The molecule has 32 heavy (non-hydrogen) atoms. The van der Waals surface area contributed by atoms with Crippen molar-refractivity contribution in [1.82, 2.24) is 9.78 Å². The van der Waals surface area contributed by atoms with Crippen LogP contribution in [0.1, 0.15) is 44.1 Å². The molecule has 6 heteroatoms. The van der Waals surface area contributed by atoms with Crippen molar-refractivity contribution in [3.8, 4) is 0 Å². The lowest BCUT2D eigenvalue weighted by Gasteiger charge is -2.29. The fourth-order valence-electron chi connectivity index (χ4n) is 4.53. The number of carboxylic acid groups (broad SMARTS) is 1. The van der Waals surface area contributed by atoms with E-state index in [0.717, 1.165) is 38.0 Å². The Bertz CT molecular complexity index is 943. The molecule has 1 N–H and O–H groups in total. The van der Waals surface area contributed by atoms with E-state index in [2.05, 4.69) is 40.3 Å². The second kappa shape index (κ2) is 11.1. The minimum atomic E-state index is -0.773. The summed E-state index contributed by atoms with van der Waals surface area (Å²) in [4.78, 5) is 13.6. The minimum Gasteiger partial charge on any atom is -0.481 e. The van der Waals surface area contributed by atoms with Crippen LogP contribution in [0.5, 0.6) is 0 Å². The highest BCUT2D eigenvalue weighted by molar-refractivity contribution is 5.67. The van der Waals surface area contributed by atoms with Gasteiger partial charge in [-0.25, -0.2) is 0 Å². The van der Waals surface area contributed by atoms with E-state index < -0.39 is 5.97 Å². The largest absolute Gasteiger partial charge is 0.481 e. The first kappa shape index (κ1) is 22.3. The number of rotatable bonds is 10. The van der Waals surface area contributed by atoms with Gasteiger partial charge in [0.2, 0.25) is 0 Å². The van der Waals surface area contributed by atoms with E-state index in [1.165, 1.54) is 36.1 Å². The molecule has 0 amide bonds. The van der Waals surface area contributed by atoms with Crippen LogP contribution in [0.4, 0.5) is 5.69 Å². The van der Waals surface area contributed by atoms with Crippen molar-refractivity contribution in [1.29, 1.82) is 0 Å². The standard InChI is InChI=1S/C26H33N3O3/c30-26(31)11-10-23-9-8-22(20-29-16-5-13-27-29)19-25(23)32-17-12-21-6-4-7-24(18-21)28-14-2-1-3-15-28/h4-9,13,16,18,25H,1-3,10-12,14-15,17,19-20H2,(H,30,31). The molecule has 1 aromatic heterocycles. The predicted molar refractivity (Wildman–Crippen MR) is 126 cm³/mol. The highest BCUT2D eigenvalue weighted by atomic mass is 16.5. The molecule has 0 saturated carbocycles. The van der Waals surface area contributed by atoms with Crippen molar-refractivity contribution in [3.63, 3.8) is 0 Å². The Hall–Kier alpha value is -2.86. The van der Waals surface area contributed by atoms with E-state index in [1.807, 2.05) is 23.0 Å². The van der Waals surface area contributed by atoms with Crippen molar-refractivity contribution in [2.24, 2.45) is 0 Å². The Kier molecular flexibility index (Phi) is 7.77. The van der Waals surface area contributed by atoms with Crippen molar-refractivity contribution in [2.45, 2.75) is 57.6 Å². The van der Waals surface area contributed by atoms with E-state index in [0.29, 0.717) is 13.0 Å². The first-order chi connectivity index (χ1) is 15.7. The van der Waals surface area contributed by atoms with Crippen LogP contribution in [0.2, 0.25) is 0 Å². The molecule has 2 aliphatic rings. The Labute approximate surface area is 190 Å². The number of hydrogen-bond donors (Lipinski definition) is 1. The number of benzene rings is 1. The highest BCUT2D eigenvalue weighted by Crippen LogP contribution is 2.27. The Morgan fingerprint density at radius 2 is 2.00 bits per heavy atom. The van der Waals surface area contributed by atoms with Crippen molar-refractivity contribution < 1.29 is 14.6 Å². The van der Waals surface area contributed by atoms with Crippen LogP contribution in [0.15, 0.2) is 66.0 Å². The van der Waals surface area contributed by atoms with Gasteiger partial charge in [0.15, 0.2) is 0 Å². The SMILES string of the molecule is O=C(O)CCC1=CC=C(Cn2cccn2)CC1OCCc1cccc(N2CCCCC2)c1. The first-order valence-electron chi connectivity index (χ1n) is 11.7. The zero-order valence-corrected chi connectivity index (χ0v) is 18.7. The van der Waals surface area contributed by atoms with Gasteiger partial charge < -0.3 is 14.7 Å². The van der Waals surface area contributed by atoms with Crippen LogP contribution in [0, 0.1) is 0 Å². The summed E-state index contributed by atoms with van der Waals surface area (Å²) in [6, 6.07) is 10.7. The van der Waals surface area contributed by atoms with Crippen LogP contribution < -0.4 is 4.90 Å². The Balaban J connectivity index is 1.35. The fraction of sp³-hybridized carbons (Fsp3) is 0.462. The average molecular weight is 436 g/mol. The third kappa shape index (κ3) is 6.33. The maximum absolute atomic E-state index is 11.1. The summed E-state index contributed by atoms with van der Waals surface area (Å²) in [5.74, 6) is -0.773. The molecule has 1 fully saturated rings. The molecule has 2 aromatic rings. The zero-order chi connectivity index (χ0) is 22.2. The van der Waals surface area contributed by atoms with Crippen LogP contribution in [0.3, 0.4) is 0 Å². The normalized spacial score (nSPS) is 18.9. The molecule has 1 atom stereocenters. The molecule has 4 rings (SSSR count). The second-order valence-electron chi connectivity index (χ2n) is 8.70. The number of carbonyl (C=O) groups is 1. The summed E-state index contributed by atoms with van der Waals surface area (Å²) < 4.78 is 8.23. The van der Waals surface area contributed by atoms with E-state index >= 15 is 0 Å². The fourth-order valence-corrected chi connectivity index (χ4v) is 4.53. The summed E-state index contributed by atoms with van der Waals surface area (Å²) >= 11 is 0. The molecule has 6 nitrogen and oxygen atoms in total. The number of nitrogens with zero attached hydrogens (tertiary/aromatic N) is 3. The maximum atomic E-state index is 11.1. The van der Waals surface area contributed by atoms with Crippen LogP contribution in [0.25, 0.3) is 0 Å². The van der Waals surface area contributed by atoms with Crippen LogP contribution in [-0.2, 0) is 22.5 Å². The molecule has 1 unspecified atom stereocenters. The number of aliphatic carboxylic acids is 1. The number of carboxylic acids is 1. The van der Waals surface area contributed by atoms with Gasteiger partial charge in [0.1, 0.15) is 0 Å². The van der Waals surface area contributed by atoms with Crippen molar-refractivity contribution >= 4 is 11.7 Å². The quantitative estimate of drug-likeness (QED) is 0.590. The number of piperidine rings is 1. The topological polar surface area (TPSA) is 67.6 Å². The third-order valence-electron chi connectivity index (χ3n) is 6.29. The summed E-state index contributed by atoms with van der Waals surface area (Å²) in [6.07, 6.45) is 14.0. The molecule has 1 aliphatic heterocycles. The molecular weight excluding hydrogens is 402 g/mol. The van der Waals surface area contributed by atoms with Crippen molar-refractivity contribution in [3.05, 3.63) is 71.6 Å². The number of hydrogen-bond acceptors (Lipinski definition) is 4. The predicted octanol–water partition coefficient (Wildman–Crippen LogP) is 4.62. The van der Waals surface area contributed by atoms with Gasteiger partial charge in [0.05, 0.1) is 19.3 Å². The highest BCUT2D eigenvalue weighted by Gasteiger charge is 2.21. The minimum absolute atomic E-state index is 0.0739. The summed E-state index contributed by atoms with van der Waals surface area (Å²) in [6.45, 7) is 3.64. The monoisotopic (exact) mass is 435 g/mol. The molecule has 1 aromatic carbocycles. The van der Waals surface area contributed by atoms with E-state index in [9.17, 15) is 4.79 Å². The third-order valence-corrected chi connectivity index (χ3v) is 6.29. The van der Waals surface area contributed by atoms with Gasteiger partial charge in [0, 0.05) is 44.0 Å². The number of allylic oxidation sites excluding steroid dienone is 2. The molecule has 1 saturated heterocycles. The number of anilines is 1. The van der Waals surface area contributed by atoms with Crippen LogP contribution in [-0.4, -0.2) is 46.7 Å². The van der Waals surface area contributed by atoms with Gasteiger partial charge in [-0.15, -0.1) is 0 Å². The Morgan fingerprint density at radius 1 is 1.12 bits per heavy atom. The van der Waals surface area contributed by atoms with Gasteiger partial charge in [0.25, 0.3) is 0 Å². The summed E-state index contributed by atoms with van der Waals surface area (Å²) in [7, 11) is 0. The van der Waals surface area contributed by atoms with E-state index in [4.69, 9.17) is 9.84 Å². The van der Waals surface area contributed by atoms with Gasteiger partial charge in [-0.3, -0.25) is 9.48 Å². The van der Waals surface area contributed by atoms with Crippen LogP contribution >= 0.6 is 0 Å². The summed E-state index contributed by atoms with van der Waals surface area (Å²) in [5, 5.41) is 13.4. The zero-order valence-electron chi connectivity index (χ0n) is 18.7. The van der Waals surface area contributed by atoms with E-state index in [-0.39, 0.29) is 12.5 Å². The molecule has 1 aliphatic carbocycles. The van der Waals surface area contributed by atoms with Crippen molar-refractivity contribution in [2.75, 3.05) is 24.6 Å². The Morgan fingerprint density at radius 3 is 2.78 bits per heavy atom. The number of aromatic nitrogens is 2. The lowest BCUT2D eigenvalue weighted by molar-refractivity contribution is -0.137. The second-order valence-corrected chi connectivity index (χ2v) is 8.70. The van der Waals surface area contributed by atoms with E-state index in [1.54, 1.807) is 6.20 Å². The maximum Gasteiger partial charge on any atom is 0.303 e. The van der Waals surface area contributed by atoms with Gasteiger partial charge in [-0.05, 0) is 67.0 Å². The molecular formula is C26H33N3O3. The van der Waals surface area contributed by atoms with Gasteiger partial charge >= 0.3 is 5.97 Å².